The Balaban J connectivity index is 2.18. The lowest BCUT2D eigenvalue weighted by atomic mass is 10.1. The van der Waals surface area contributed by atoms with Crippen LogP contribution in [0.2, 0.25) is 0 Å². The Morgan fingerprint density at radius 2 is 1.87 bits per heavy atom. The van der Waals surface area contributed by atoms with E-state index in [0.717, 1.165) is 0 Å². The van der Waals surface area contributed by atoms with Crippen LogP contribution in [-0.4, -0.2) is 33.8 Å². The summed E-state index contributed by atoms with van der Waals surface area (Å²) in [4.78, 5) is 1.23. The molecule has 0 amide bonds. The van der Waals surface area contributed by atoms with Gasteiger partial charge in [0.1, 0.15) is 12.0 Å². The van der Waals surface area contributed by atoms with Gasteiger partial charge in [0.15, 0.2) is 21.4 Å². The molecule has 0 aromatic carbocycles. The molecule has 2 rings (SSSR count). The smallest absolute Gasteiger partial charge is 0.364 e. The van der Waals surface area contributed by atoms with Gasteiger partial charge in [-0.25, -0.2) is 8.42 Å². The van der Waals surface area contributed by atoms with Crippen molar-refractivity contribution in [1.29, 1.82) is 0 Å². The van der Waals surface area contributed by atoms with E-state index in [1.165, 1.54) is 4.80 Å². The summed E-state index contributed by atoms with van der Waals surface area (Å²) in [5, 5.41) is 14.1. The molecule has 0 aliphatic carbocycles. The van der Waals surface area contributed by atoms with E-state index in [-0.39, 0.29) is 5.82 Å². The van der Waals surface area contributed by atoms with Crippen molar-refractivity contribution in [2.45, 2.75) is 44.0 Å². The van der Waals surface area contributed by atoms with Crippen molar-refractivity contribution in [3.63, 3.8) is 0 Å². The highest BCUT2D eigenvalue weighted by molar-refractivity contribution is 7.89. The van der Waals surface area contributed by atoms with Gasteiger partial charge in [0.25, 0.3) is 0 Å². The third-order valence-corrected chi connectivity index (χ3v) is 4.14. The molecule has 0 bridgehead atoms. The summed E-state index contributed by atoms with van der Waals surface area (Å²) in [6, 6.07) is 0. The van der Waals surface area contributed by atoms with Gasteiger partial charge in [0, 0.05) is 5.56 Å². The Hall–Kier alpha value is -1.98. The van der Waals surface area contributed by atoms with E-state index in [2.05, 4.69) is 25.1 Å². The average molecular weight is 353 g/mol. The first-order valence-electron chi connectivity index (χ1n) is 6.39. The van der Waals surface area contributed by atoms with E-state index < -0.39 is 44.3 Å². The number of hydrogen-bond acceptors (Lipinski definition) is 7. The van der Waals surface area contributed by atoms with Gasteiger partial charge in [0.05, 0.1) is 11.3 Å². The molecule has 0 radical (unpaired) electrons. The van der Waals surface area contributed by atoms with Gasteiger partial charge in [-0.3, -0.25) is 0 Å². The molecule has 0 aliphatic heterocycles. The van der Waals surface area contributed by atoms with E-state index in [1.54, 1.807) is 20.8 Å². The molecule has 2 aromatic heterocycles. The minimum absolute atomic E-state index is 0.0927. The molecule has 8 nitrogen and oxygen atoms in total. The molecule has 0 spiro atoms. The number of tetrazole rings is 1. The van der Waals surface area contributed by atoms with Crippen LogP contribution in [0.25, 0.3) is 0 Å². The highest BCUT2D eigenvalue weighted by Crippen LogP contribution is 2.31. The molecule has 128 valence electrons. The van der Waals surface area contributed by atoms with Crippen molar-refractivity contribution in [1.82, 2.24) is 25.4 Å². The van der Waals surface area contributed by atoms with Crippen molar-refractivity contribution in [2.24, 2.45) is 0 Å². The van der Waals surface area contributed by atoms with Crippen LogP contribution in [0, 0.1) is 0 Å². The number of alkyl halides is 3. The van der Waals surface area contributed by atoms with Crippen LogP contribution in [0.1, 0.15) is 37.9 Å². The summed E-state index contributed by atoms with van der Waals surface area (Å²) < 4.78 is 66.3. The molecule has 2 heterocycles. The Bertz CT molecular complexity index is 788. The number of hydrogen-bond donors (Lipinski definition) is 0. The largest absolute Gasteiger partial charge is 0.437 e. The lowest BCUT2D eigenvalue weighted by Crippen LogP contribution is -2.24. The topological polar surface area (TPSA) is 104 Å². The first-order valence-corrected chi connectivity index (χ1v) is 8.21. The number of aromatic nitrogens is 5. The summed E-state index contributed by atoms with van der Waals surface area (Å²) >= 11 is 0. The highest BCUT2D eigenvalue weighted by Gasteiger charge is 2.38. The minimum Gasteiger partial charge on any atom is -0.364 e. The van der Waals surface area contributed by atoms with E-state index >= 15 is 0 Å². The van der Waals surface area contributed by atoms with Crippen LogP contribution >= 0.6 is 0 Å². The molecule has 0 atom stereocenters. The molecular formula is C11H14F3N5O3S. The maximum atomic E-state index is 12.7. The third-order valence-electron chi connectivity index (χ3n) is 2.69. The van der Waals surface area contributed by atoms with Crippen molar-refractivity contribution in [2.75, 3.05) is 0 Å². The number of rotatable bonds is 4. The fourth-order valence-electron chi connectivity index (χ4n) is 1.66. The van der Waals surface area contributed by atoms with Gasteiger partial charge in [-0.1, -0.05) is 5.16 Å². The first-order chi connectivity index (χ1) is 10.4. The van der Waals surface area contributed by atoms with Crippen LogP contribution in [-0.2, 0) is 33.1 Å². The van der Waals surface area contributed by atoms with Crippen molar-refractivity contribution < 1.29 is 26.1 Å². The summed E-state index contributed by atoms with van der Waals surface area (Å²) in [6.45, 7) is 5.37. The average Bonchev–Trinajstić information content (AvgIpc) is 2.94. The van der Waals surface area contributed by atoms with E-state index in [9.17, 15) is 21.6 Å². The van der Waals surface area contributed by atoms with Gasteiger partial charge >= 0.3 is 6.18 Å². The van der Waals surface area contributed by atoms with Crippen LogP contribution < -0.4 is 0 Å². The van der Waals surface area contributed by atoms with Gasteiger partial charge < -0.3 is 4.52 Å². The third kappa shape index (κ3) is 4.27. The van der Waals surface area contributed by atoms with Crippen molar-refractivity contribution >= 4 is 9.84 Å². The molecule has 0 unspecified atom stereocenters. The van der Waals surface area contributed by atoms with Crippen LogP contribution in [0.5, 0.6) is 0 Å². The number of sulfone groups is 1. The molecule has 0 N–H and O–H groups in total. The molecular weight excluding hydrogens is 339 g/mol. The SMILES string of the molecule is CC(C)(C)n1nnc(CS(=O)(=O)Cc2conc2C(F)(F)F)n1. The first kappa shape index (κ1) is 17.4. The molecule has 2 aromatic rings. The zero-order chi connectivity index (χ0) is 17.5. The molecule has 23 heavy (non-hydrogen) atoms. The zero-order valence-electron chi connectivity index (χ0n) is 12.5. The lowest BCUT2D eigenvalue weighted by molar-refractivity contribution is -0.143. The molecule has 0 fully saturated rings. The summed E-state index contributed by atoms with van der Waals surface area (Å²) in [7, 11) is -3.95. The Morgan fingerprint density at radius 3 is 2.39 bits per heavy atom. The normalized spacial score (nSPS) is 13.5. The summed E-state index contributed by atoms with van der Waals surface area (Å²) in [5.74, 6) is -1.61. The van der Waals surface area contributed by atoms with Gasteiger partial charge in [0.2, 0.25) is 0 Å². The Morgan fingerprint density at radius 1 is 1.22 bits per heavy atom. The Labute approximate surface area is 129 Å². The highest BCUT2D eigenvalue weighted by atomic mass is 32.2. The minimum atomic E-state index is -4.79. The second-order valence-electron chi connectivity index (χ2n) is 5.88. The summed E-state index contributed by atoms with van der Waals surface area (Å²) in [6.07, 6.45) is -4.12. The molecule has 0 saturated heterocycles. The monoisotopic (exact) mass is 353 g/mol. The van der Waals surface area contributed by atoms with Gasteiger partial charge in [-0.2, -0.15) is 18.0 Å². The molecule has 0 saturated carbocycles. The molecule has 12 heteroatoms. The van der Waals surface area contributed by atoms with Gasteiger partial charge in [-0.15, -0.1) is 10.2 Å². The van der Waals surface area contributed by atoms with E-state index in [4.69, 9.17) is 0 Å². The van der Waals surface area contributed by atoms with Crippen LogP contribution in [0.4, 0.5) is 13.2 Å². The van der Waals surface area contributed by atoms with E-state index in [0.29, 0.717) is 6.26 Å². The van der Waals surface area contributed by atoms with Crippen molar-refractivity contribution in [3.05, 3.63) is 23.3 Å². The Kier molecular flexibility index (Phi) is 4.22. The van der Waals surface area contributed by atoms with Crippen LogP contribution in [0.3, 0.4) is 0 Å². The zero-order valence-corrected chi connectivity index (χ0v) is 13.3. The van der Waals surface area contributed by atoms with Crippen molar-refractivity contribution in [3.8, 4) is 0 Å². The second kappa shape index (κ2) is 5.58. The summed E-state index contributed by atoms with van der Waals surface area (Å²) in [5.41, 5.74) is -2.40. The predicted octanol–water partition coefficient (Wildman–Crippen LogP) is 1.55. The lowest BCUT2D eigenvalue weighted by Gasteiger charge is -2.15. The maximum Gasteiger partial charge on any atom is 0.437 e. The quantitative estimate of drug-likeness (QED) is 0.821. The molecule has 0 aliphatic rings. The number of nitrogens with zero attached hydrogens (tertiary/aromatic N) is 5. The van der Waals surface area contributed by atoms with Gasteiger partial charge in [-0.05, 0) is 26.0 Å². The maximum absolute atomic E-state index is 12.7. The standard InChI is InChI=1S/C11H14F3N5O3S/c1-10(2,3)19-16-8(15-18-19)6-23(20,21)5-7-4-22-17-9(7)11(12,13)14/h4H,5-6H2,1-3H3. The fraction of sp³-hybridized carbons (Fsp3) is 0.636. The second-order valence-corrected chi connectivity index (χ2v) is 7.95. The fourth-order valence-corrected chi connectivity index (χ4v) is 2.95. The predicted molar refractivity (Wildman–Crippen MR) is 70.6 cm³/mol. The van der Waals surface area contributed by atoms with Crippen LogP contribution in [0.15, 0.2) is 10.8 Å². The van der Waals surface area contributed by atoms with E-state index in [1.807, 2.05) is 0 Å². The number of halogens is 3.